The monoisotopic (exact) mass is 292 g/mol. The summed E-state index contributed by atoms with van der Waals surface area (Å²) in [6.45, 7) is 7.33. The Morgan fingerprint density at radius 1 is 1.25 bits per heavy atom. The molecule has 2 aromatic heterocycles. The topological polar surface area (TPSA) is 59.9 Å². The van der Waals surface area contributed by atoms with Gasteiger partial charge in [0.1, 0.15) is 10.7 Å². The zero-order chi connectivity index (χ0) is 14.8. The second kappa shape index (κ2) is 5.85. The van der Waals surface area contributed by atoms with Crippen LogP contribution in [0.4, 0.5) is 0 Å². The number of methoxy groups -OCH3 is 1. The van der Waals surface area contributed by atoms with Crippen molar-refractivity contribution < 1.29 is 4.74 Å². The molecule has 6 heteroatoms. The van der Waals surface area contributed by atoms with Gasteiger partial charge in [0.2, 0.25) is 5.88 Å². The smallest absolute Gasteiger partial charge is 0.233 e. The van der Waals surface area contributed by atoms with Crippen LogP contribution < -0.4 is 10.1 Å². The molecular formula is C14H20N4OS. The predicted molar refractivity (Wildman–Crippen MR) is 81.2 cm³/mol. The van der Waals surface area contributed by atoms with Gasteiger partial charge in [0.25, 0.3) is 0 Å². The van der Waals surface area contributed by atoms with Gasteiger partial charge in [-0.25, -0.2) is 4.98 Å². The molecule has 0 atom stereocenters. The molecule has 0 spiro atoms. The number of ether oxygens (including phenoxy) is 1. The number of hydrogen-bond donors (Lipinski definition) is 1. The number of rotatable bonds is 4. The highest BCUT2D eigenvalue weighted by atomic mass is 32.1. The van der Waals surface area contributed by atoms with Crippen LogP contribution in [0.3, 0.4) is 0 Å². The van der Waals surface area contributed by atoms with Crippen molar-refractivity contribution in [2.45, 2.75) is 32.7 Å². The lowest BCUT2D eigenvalue weighted by Crippen LogP contribution is -2.16. The third kappa shape index (κ3) is 3.13. The van der Waals surface area contributed by atoms with Crippen LogP contribution in [0.25, 0.3) is 10.7 Å². The van der Waals surface area contributed by atoms with Gasteiger partial charge in [-0.15, -0.1) is 21.5 Å². The molecule has 108 valence electrons. The lowest BCUT2D eigenvalue weighted by Gasteiger charge is -2.17. The summed E-state index contributed by atoms with van der Waals surface area (Å²) in [5, 5.41) is 12.3. The SMILES string of the molecule is CNCc1sc(-c2ccc(OC)nn2)nc1C(C)(C)C. The molecule has 2 rings (SSSR count). The molecule has 0 radical (unpaired) electrons. The number of thiazole rings is 1. The Bertz CT molecular complexity index is 572. The summed E-state index contributed by atoms with van der Waals surface area (Å²) in [6, 6.07) is 3.69. The lowest BCUT2D eigenvalue weighted by molar-refractivity contribution is 0.392. The predicted octanol–water partition coefficient (Wildman–Crippen LogP) is 2.63. The van der Waals surface area contributed by atoms with Crippen LogP contribution in [-0.4, -0.2) is 29.3 Å². The fourth-order valence-corrected chi connectivity index (χ4v) is 3.12. The van der Waals surface area contributed by atoms with Crippen LogP contribution >= 0.6 is 11.3 Å². The van der Waals surface area contributed by atoms with Gasteiger partial charge in [0.15, 0.2) is 0 Å². The highest BCUT2D eigenvalue weighted by molar-refractivity contribution is 7.15. The van der Waals surface area contributed by atoms with E-state index in [0.29, 0.717) is 5.88 Å². The number of aromatic nitrogens is 3. The lowest BCUT2D eigenvalue weighted by atomic mass is 9.91. The van der Waals surface area contributed by atoms with E-state index in [1.807, 2.05) is 13.1 Å². The maximum atomic E-state index is 5.03. The minimum absolute atomic E-state index is 0.0147. The highest BCUT2D eigenvalue weighted by Gasteiger charge is 2.23. The van der Waals surface area contributed by atoms with Crippen molar-refractivity contribution in [1.29, 1.82) is 0 Å². The normalized spacial score (nSPS) is 11.7. The molecule has 0 aliphatic rings. The molecule has 0 aliphatic heterocycles. The molecule has 0 unspecified atom stereocenters. The maximum absolute atomic E-state index is 5.03. The molecule has 5 nitrogen and oxygen atoms in total. The molecule has 0 saturated carbocycles. The molecule has 0 aromatic carbocycles. The van der Waals surface area contributed by atoms with Crippen molar-refractivity contribution in [2.24, 2.45) is 0 Å². The molecule has 20 heavy (non-hydrogen) atoms. The third-order valence-corrected chi connectivity index (χ3v) is 3.89. The van der Waals surface area contributed by atoms with Gasteiger partial charge in [-0.05, 0) is 13.1 Å². The second-order valence-corrected chi connectivity index (χ2v) is 6.62. The summed E-state index contributed by atoms with van der Waals surface area (Å²) < 4.78 is 5.03. The zero-order valence-corrected chi connectivity index (χ0v) is 13.3. The quantitative estimate of drug-likeness (QED) is 0.938. The average Bonchev–Trinajstić information content (AvgIpc) is 2.83. The Morgan fingerprint density at radius 3 is 2.50 bits per heavy atom. The van der Waals surface area contributed by atoms with Gasteiger partial charge in [0, 0.05) is 22.9 Å². The van der Waals surface area contributed by atoms with Crippen LogP contribution in [0.15, 0.2) is 12.1 Å². The Kier molecular flexibility index (Phi) is 4.35. The molecule has 2 aromatic rings. The van der Waals surface area contributed by atoms with Crippen molar-refractivity contribution in [1.82, 2.24) is 20.5 Å². The second-order valence-electron chi connectivity index (χ2n) is 5.53. The van der Waals surface area contributed by atoms with E-state index in [4.69, 9.17) is 9.72 Å². The Morgan fingerprint density at radius 2 is 2.00 bits per heavy atom. The Balaban J connectivity index is 2.41. The van der Waals surface area contributed by atoms with Crippen LogP contribution in [-0.2, 0) is 12.0 Å². The molecule has 2 heterocycles. The summed E-state index contributed by atoms with van der Waals surface area (Å²) in [4.78, 5) is 6.00. The minimum atomic E-state index is 0.0147. The van der Waals surface area contributed by atoms with Gasteiger partial charge in [-0.2, -0.15) is 0 Å². The number of nitrogens with zero attached hydrogens (tertiary/aromatic N) is 3. The standard InChI is InChI=1S/C14H20N4OS/c1-14(2,3)12-10(8-15-4)20-13(16-12)9-6-7-11(19-5)18-17-9/h6-7,15H,8H2,1-5H3. The minimum Gasteiger partial charge on any atom is -0.480 e. The van der Waals surface area contributed by atoms with Crippen molar-refractivity contribution in [3.05, 3.63) is 22.7 Å². The van der Waals surface area contributed by atoms with Gasteiger partial charge in [0.05, 0.1) is 12.8 Å². The zero-order valence-electron chi connectivity index (χ0n) is 12.5. The number of hydrogen-bond acceptors (Lipinski definition) is 6. The van der Waals surface area contributed by atoms with E-state index in [1.165, 1.54) is 4.88 Å². The van der Waals surface area contributed by atoms with E-state index in [1.54, 1.807) is 24.5 Å². The Labute approximate surface area is 123 Å². The first-order chi connectivity index (χ1) is 9.45. The van der Waals surface area contributed by atoms with E-state index in [0.717, 1.165) is 22.9 Å². The summed E-state index contributed by atoms with van der Waals surface area (Å²) in [6.07, 6.45) is 0. The first-order valence-corrected chi connectivity index (χ1v) is 7.30. The summed E-state index contributed by atoms with van der Waals surface area (Å²) in [7, 11) is 3.52. The highest BCUT2D eigenvalue weighted by Crippen LogP contribution is 2.33. The molecule has 0 amide bonds. The molecule has 0 fully saturated rings. The maximum Gasteiger partial charge on any atom is 0.233 e. The largest absolute Gasteiger partial charge is 0.480 e. The van der Waals surface area contributed by atoms with Crippen LogP contribution in [0.1, 0.15) is 31.3 Å². The molecular weight excluding hydrogens is 272 g/mol. The van der Waals surface area contributed by atoms with Gasteiger partial charge < -0.3 is 10.1 Å². The number of nitrogens with one attached hydrogen (secondary N) is 1. The van der Waals surface area contributed by atoms with Gasteiger partial charge in [-0.1, -0.05) is 20.8 Å². The Hall–Kier alpha value is -1.53. The van der Waals surface area contributed by atoms with Crippen LogP contribution in [0.2, 0.25) is 0 Å². The molecule has 1 N–H and O–H groups in total. The summed E-state index contributed by atoms with van der Waals surface area (Å²) in [5.74, 6) is 0.511. The third-order valence-electron chi connectivity index (χ3n) is 2.81. The van der Waals surface area contributed by atoms with Crippen molar-refractivity contribution >= 4 is 11.3 Å². The van der Waals surface area contributed by atoms with Crippen LogP contribution in [0.5, 0.6) is 5.88 Å². The van der Waals surface area contributed by atoms with Crippen LogP contribution in [0, 0.1) is 0 Å². The van der Waals surface area contributed by atoms with Crippen molar-refractivity contribution in [2.75, 3.05) is 14.2 Å². The van der Waals surface area contributed by atoms with E-state index < -0.39 is 0 Å². The fraction of sp³-hybridized carbons (Fsp3) is 0.500. The first kappa shape index (κ1) is 14.9. The molecule has 0 aliphatic carbocycles. The first-order valence-electron chi connectivity index (χ1n) is 6.48. The van der Waals surface area contributed by atoms with Gasteiger partial charge >= 0.3 is 0 Å². The fourth-order valence-electron chi connectivity index (χ4n) is 1.87. The van der Waals surface area contributed by atoms with E-state index in [2.05, 4.69) is 36.3 Å². The van der Waals surface area contributed by atoms with Crippen molar-refractivity contribution in [3.63, 3.8) is 0 Å². The molecule has 0 saturated heterocycles. The average molecular weight is 292 g/mol. The van der Waals surface area contributed by atoms with E-state index >= 15 is 0 Å². The van der Waals surface area contributed by atoms with E-state index in [9.17, 15) is 0 Å². The van der Waals surface area contributed by atoms with Crippen molar-refractivity contribution in [3.8, 4) is 16.6 Å². The molecule has 0 bridgehead atoms. The summed E-state index contributed by atoms with van der Waals surface area (Å²) in [5.41, 5.74) is 1.91. The van der Waals surface area contributed by atoms with E-state index in [-0.39, 0.29) is 5.41 Å². The summed E-state index contributed by atoms with van der Waals surface area (Å²) >= 11 is 1.66. The van der Waals surface area contributed by atoms with Gasteiger partial charge in [-0.3, -0.25) is 0 Å².